The molecule has 2 aromatic carbocycles. The first-order chi connectivity index (χ1) is 12.0. The largest absolute Gasteiger partial charge is 0.504 e. The Labute approximate surface area is 144 Å². The Morgan fingerprint density at radius 3 is 2.64 bits per heavy atom. The maximum absolute atomic E-state index is 12.7. The third-order valence-electron chi connectivity index (χ3n) is 4.77. The van der Waals surface area contributed by atoms with Crippen molar-refractivity contribution in [2.75, 3.05) is 7.11 Å². The van der Waals surface area contributed by atoms with Crippen molar-refractivity contribution in [3.8, 4) is 11.5 Å². The average molecular weight is 338 g/mol. The van der Waals surface area contributed by atoms with E-state index in [0.717, 1.165) is 5.56 Å². The molecule has 0 spiro atoms. The van der Waals surface area contributed by atoms with Gasteiger partial charge in [0.05, 0.1) is 10.9 Å². The van der Waals surface area contributed by atoms with Crippen LogP contribution in [0.1, 0.15) is 30.4 Å². The van der Waals surface area contributed by atoms with Crippen LogP contribution in [0.5, 0.6) is 11.5 Å². The van der Waals surface area contributed by atoms with E-state index in [4.69, 9.17) is 13.9 Å². The Bertz CT molecular complexity index is 992. The molecule has 5 heteroatoms. The summed E-state index contributed by atoms with van der Waals surface area (Å²) >= 11 is 0. The summed E-state index contributed by atoms with van der Waals surface area (Å²) in [6.07, 6.45) is 0.482. The molecule has 4 rings (SSSR count). The fraction of sp³-hybridized carbons (Fsp3) is 0.250. The van der Waals surface area contributed by atoms with Crippen molar-refractivity contribution in [2.45, 2.75) is 25.0 Å². The van der Waals surface area contributed by atoms with Crippen LogP contribution in [0.25, 0.3) is 11.0 Å². The summed E-state index contributed by atoms with van der Waals surface area (Å²) in [5.74, 6) is -0.800. The average Bonchev–Trinajstić information content (AvgIpc) is 2.63. The van der Waals surface area contributed by atoms with Crippen molar-refractivity contribution in [2.24, 2.45) is 0 Å². The van der Waals surface area contributed by atoms with Crippen LogP contribution in [0.3, 0.4) is 0 Å². The lowest BCUT2D eigenvalue weighted by molar-refractivity contribution is -0.163. The number of benzene rings is 2. The minimum atomic E-state index is -0.889. The third kappa shape index (κ3) is 2.48. The fourth-order valence-electron chi connectivity index (χ4n) is 3.43. The van der Waals surface area contributed by atoms with Crippen molar-refractivity contribution in [3.05, 3.63) is 70.1 Å². The van der Waals surface area contributed by atoms with E-state index in [1.54, 1.807) is 19.2 Å². The summed E-state index contributed by atoms with van der Waals surface area (Å²) in [6.45, 7) is 1.84. The molecule has 1 N–H and O–H groups in total. The first-order valence-corrected chi connectivity index (χ1v) is 8.10. The Morgan fingerprint density at radius 2 is 1.92 bits per heavy atom. The predicted molar refractivity (Wildman–Crippen MR) is 93.1 cm³/mol. The first kappa shape index (κ1) is 15.7. The van der Waals surface area contributed by atoms with E-state index in [-0.39, 0.29) is 17.3 Å². The monoisotopic (exact) mass is 338 g/mol. The van der Waals surface area contributed by atoms with Crippen molar-refractivity contribution in [3.63, 3.8) is 0 Å². The second-order valence-electron chi connectivity index (χ2n) is 6.39. The Kier molecular flexibility index (Phi) is 3.54. The molecular weight excluding hydrogens is 320 g/mol. The van der Waals surface area contributed by atoms with Gasteiger partial charge in [-0.15, -0.1) is 0 Å². The number of phenols is 1. The van der Waals surface area contributed by atoms with Crippen LogP contribution < -0.4 is 10.4 Å². The summed E-state index contributed by atoms with van der Waals surface area (Å²) in [5, 5.41) is 10.6. The van der Waals surface area contributed by atoms with Crippen molar-refractivity contribution >= 4 is 11.0 Å². The Balaban J connectivity index is 2.05. The number of hydrogen-bond acceptors (Lipinski definition) is 5. The highest BCUT2D eigenvalue weighted by molar-refractivity contribution is 5.89. The molecule has 3 aromatic rings. The Morgan fingerprint density at radius 1 is 1.16 bits per heavy atom. The summed E-state index contributed by atoms with van der Waals surface area (Å²) in [7, 11) is 1.58. The minimum Gasteiger partial charge on any atom is -0.504 e. The number of methoxy groups -OCH3 is 1. The predicted octanol–water partition coefficient (Wildman–Crippen LogP) is 3.78. The maximum Gasteiger partial charge on any atom is 0.344 e. The number of ether oxygens (including phenoxy) is 2. The second kappa shape index (κ2) is 5.63. The summed E-state index contributed by atoms with van der Waals surface area (Å²) in [6, 6.07) is 14.7. The molecule has 0 aliphatic carbocycles. The van der Waals surface area contributed by atoms with Gasteiger partial charge in [0.15, 0.2) is 11.3 Å². The lowest BCUT2D eigenvalue weighted by Gasteiger charge is -2.38. The number of phenolic OH excluding ortho intramolecular Hbond substituents is 1. The molecule has 0 saturated heterocycles. The zero-order chi connectivity index (χ0) is 17.6. The second-order valence-corrected chi connectivity index (χ2v) is 6.39. The Hall–Kier alpha value is -2.79. The molecule has 0 amide bonds. The number of hydrogen-bond donors (Lipinski definition) is 1. The number of fused-ring (bicyclic) bond motifs is 3. The van der Waals surface area contributed by atoms with E-state index in [1.165, 1.54) is 6.07 Å². The van der Waals surface area contributed by atoms with Gasteiger partial charge in [-0.1, -0.05) is 36.4 Å². The number of rotatable bonds is 2. The quantitative estimate of drug-likeness (QED) is 0.720. The topological polar surface area (TPSA) is 68.9 Å². The SMILES string of the molecule is CO[C@]1(C)C[C@@H](c2ccccc2)c2c(c3cccc(O)c3oc2=O)O1. The van der Waals surface area contributed by atoms with Gasteiger partial charge in [-0.05, 0) is 17.7 Å². The van der Waals surface area contributed by atoms with Crippen LogP contribution in [0, 0.1) is 0 Å². The molecule has 0 saturated carbocycles. The molecule has 0 fully saturated rings. The molecule has 0 radical (unpaired) electrons. The number of aromatic hydroxyl groups is 1. The van der Waals surface area contributed by atoms with E-state index in [0.29, 0.717) is 23.1 Å². The maximum atomic E-state index is 12.7. The molecular formula is C20H18O5. The standard InChI is InChI=1S/C20H18O5/c1-20(23-2)11-14(12-7-4-3-5-8-12)16-18(25-20)13-9-6-10-15(21)17(13)24-19(16)22/h3-10,14,21H,11H2,1-2H3/t14-,20-/m0/s1. The molecule has 128 valence electrons. The van der Waals surface area contributed by atoms with Gasteiger partial charge in [-0.3, -0.25) is 0 Å². The minimum absolute atomic E-state index is 0.0954. The van der Waals surface area contributed by atoms with E-state index in [1.807, 2.05) is 37.3 Å². The van der Waals surface area contributed by atoms with Gasteiger partial charge in [0.2, 0.25) is 5.79 Å². The molecule has 2 heterocycles. The lowest BCUT2D eigenvalue weighted by Crippen LogP contribution is -2.41. The van der Waals surface area contributed by atoms with Gasteiger partial charge in [-0.25, -0.2) is 4.79 Å². The first-order valence-electron chi connectivity index (χ1n) is 8.10. The van der Waals surface area contributed by atoms with E-state index >= 15 is 0 Å². The highest BCUT2D eigenvalue weighted by Crippen LogP contribution is 2.46. The van der Waals surface area contributed by atoms with Crippen LogP contribution in [-0.4, -0.2) is 18.0 Å². The van der Waals surface area contributed by atoms with Gasteiger partial charge in [0.25, 0.3) is 0 Å². The summed E-state index contributed by atoms with van der Waals surface area (Å²) in [4.78, 5) is 12.7. The molecule has 1 aliphatic heterocycles. The third-order valence-corrected chi connectivity index (χ3v) is 4.77. The molecule has 0 bridgehead atoms. The van der Waals surface area contributed by atoms with Crippen LogP contribution in [-0.2, 0) is 4.74 Å². The smallest absolute Gasteiger partial charge is 0.344 e. The van der Waals surface area contributed by atoms with E-state index in [9.17, 15) is 9.90 Å². The highest BCUT2D eigenvalue weighted by atomic mass is 16.7. The van der Waals surface area contributed by atoms with Gasteiger partial charge < -0.3 is 19.0 Å². The lowest BCUT2D eigenvalue weighted by atomic mass is 9.83. The molecule has 2 atom stereocenters. The zero-order valence-electron chi connectivity index (χ0n) is 14.0. The van der Waals surface area contributed by atoms with E-state index < -0.39 is 11.4 Å². The molecule has 1 aliphatic rings. The van der Waals surface area contributed by atoms with Crippen molar-refractivity contribution in [1.29, 1.82) is 0 Å². The molecule has 1 aromatic heterocycles. The highest BCUT2D eigenvalue weighted by Gasteiger charge is 2.41. The van der Waals surface area contributed by atoms with Crippen molar-refractivity contribution in [1.82, 2.24) is 0 Å². The summed E-state index contributed by atoms with van der Waals surface area (Å²) < 4.78 is 17.1. The molecule has 0 unspecified atom stereocenters. The summed E-state index contributed by atoms with van der Waals surface area (Å²) in [5.41, 5.74) is 1.07. The molecule has 25 heavy (non-hydrogen) atoms. The van der Waals surface area contributed by atoms with Gasteiger partial charge in [0.1, 0.15) is 5.75 Å². The van der Waals surface area contributed by atoms with Crippen LogP contribution >= 0.6 is 0 Å². The van der Waals surface area contributed by atoms with Gasteiger partial charge in [-0.2, -0.15) is 0 Å². The van der Waals surface area contributed by atoms with Crippen molar-refractivity contribution < 1.29 is 19.0 Å². The van der Waals surface area contributed by atoms with Crippen LogP contribution in [0.2, 0.25) is 0 Å². The zero-order valence-corrected chi connectivity index (χ0v) is 14.0. The molecule has 5 nitrogen and oxygen atoms in total. The number of para-hydroxylation sites is 1. The normalized spacial score (nSPS) is 22.4. The van der Waals surface area contributed by atoms with Crippen LogP contribution in [0.4, 0.5) is 0 Å². The van der Waals surface area contributed by atoms with Gasteiger partial charge >= 0.3 is 5.63 Å². The van der Waals surface area contributed by atoms with E-state index in [2.05, 4.69) is 0 Å². The fourth-order valence-corrected chi connectivity index (χ4v) is 3.43. The van der Waals surface area contributed by atoms with Crippen LogP contribution in [0.15, 0.2) is 57.7 Å². The van der Waals surface area contributed by atoms with Gasteiger partial charge in [0, 0.05) is 26.4 Å².